The molecule has 0 bridgehead atoms. The Morgan fingerprint density at radius 2 is 1.89 bits per heavy atom. The summed E-state index contributed by atoms with van der Waals surface area (Å²) in [5.41, 5.74) is 2.13. The summed E-state index contributed by atoms with van der Waals surface area (Å²) in [5, 5.41) is 3.12. The monoisotopic (exact) mass is 384 g/mol. The third kappa shape index (κ3) is 4.53. The molecule has 150 valence electrons. The molecule has 1 fully saturated rings. The Balaban J connectivity index is 1.91. The van der Waals surface area contributed by atoms with E-state index in [-0.39, 0.29) is 23.3 Å². The van der Waals surface area contributed by atoms with Crippen LogP contribution in [0, 0.1) is 5.82 Å². The van der Waals surface area contributed by atoms with E-state index >= 15 is 0 Å². The van der Waals surface area contributed by atoms with Crippen molar-refractivity contribution in [3.63, 3.8) is 0 Å². The van der Waals surface area contributed by atoms with E-state index in [9.17, 15) is 9.18 Å². The molecule has 2 atom stereocenters. The minimum Gasteiger partial charge on any atom is -0.497 e. The maximum atomic E-state index is 13.3. The van der Waals surface area contributed by atoms with Gasteiger partial charge in [0.25, 0.3) is 0 Å². The number of aryl methyl sites for hydroxylation is 1. The molecule has 2 aromatic rings. The van der Waals surface area contributed by atoms with Gasteiger partial charge in [0.05, 0.1) is 7.11 Å². The number of nitrogens with one attached hydrogen (secondary N) is 1. The lowest BCUT2D eigenvalue weighted by Gasteiger charge is -2.49. The summed E-state index contributed by atoms with van der Waals surface area (Å²) in [7, 11) is 3.82. The number of halogens is 1. The molecule has 0 aromatic heterocycles. The summed E-state index contributed by atoms with van der Waals surface area (Å²) in [6, 6.07) is 15.1. The molecule has 1 heterocycles. The molecule has 0 aliphatic carbocycles. The quantitative estimate of drug-likeness (QED) is 0.821. The van der Waals surface area contributed by atoms with E-state index in [1.807, 2.05) is 24.3 Å². The molecular weight excluding hydrogens is 355 g/mol. The van der Waals surface area contributed by atoms with Gasteiger partial charge in [-0.1, -0.05) is 24.3 Å². The van der Waals surface area contributed by atoms with Gasteiger partial charge in [0.15, 0.2) is 0 Å². The minimum atomic E-state index is -0.214. The van der Waals surface area contributed by atoms with Crippen LogP contribution < -0.4 is 10.1 Å². The molecule has 28 heavy (non-hydrogen) atoms. The molecule has 2 unspecified atom stereocenters. The van der Waals surface area contributed by atoms with Crippen molar-refractivity contribution >= 4 is 5.91 Å². The standard InChI is InChI=1S/C23H29FN2O2/c1-17(27)25-21-13-15-26(2)23(16-21,19-6-10-22(28-3)11-7-19)14-12-18-4-8-20(24)9-5-18/h4-11,21H,12-16H2,1-3H3,(H,25,27). The fraction of sp³-hybridized carbons (Fsp3) is 0.435. The Hall–Kier alpha value is -2.40. The highest BCUT2D eigenvalue weighted by Gasteiger charge is 2.41. The third-order valence-corrected chi connectivity index (χ3v) is 5.90. The normalized spacial score (nSPS) is 22.6. The zero-order valence-electron chi connectivity index (χ0n) is 16.9. The Labute approximate surface area is 166 Å². The van der Waals surface area contributed by atoms with Gasteiger partial charge in [0.1, 0.15) is 11.6 Å². The summed E-state index contributed by atoms with van der Waals surface area (Å²) < 4.78 is 18.6. The highest BCUT2D eigenvalue weighted by molar-refractivity contribution is 5.73. The molecule has 0 spiro atoms. The van der Waals surface area contributed by atoms with E-state index in [0.717, 1.165) is 43.5 Å². The van der Waals surface area contributed by atoms with E-state index in [0.29, 0.717) is 0 Å². The zero-order chi connectivity index (χ0) is 20.1. The number of amides is 1. The maximum absolute atomic E-state index is 13.3. The third-order valence-electron chi connectivity index (χ3n) is 5.90. The second kappa shape index (κ2) is 8.74. The first-order chi connectivity index (χ1) is 13.4. The fourth-order valence-corrected chi connectivity index (χ4v) is 4.32. The predicted molar refractivity (Wildman–Crippen MR) is 109 cm³/mol. The molecular formula is C23H29FN2O2. The van der Waals surface area contributed by atoms with Gasteiger partial charge in [0.2, 0.25) is 5.91 Å². The molecule has 1 saturated heterocycles. The summed E-state index contributed by atoms with van der Waals surface area (Å²) in [6.45, 7) is 2.48. The van der Waals surface area contributed by atoms with Crippen LogP contribution in [0.2, 0.25) is 0 Å². The SMILES string of the molecule is COc1ccc(C2(CCc3ccc(F)cc3)CC(NC(C)=O)CCN2C)cc1. The number of benzene rings is 2. The van der Waals surface area contributed by atoms with Crippen LogP contribution in [0.4, 0.5) is 4.39 Å². The van der Waals surface area contributed by atoms with Crippen molar-refractivity contribution in [3.05, 3.63) is 65.5 Å². The average molecular weight is 384 g/mol. The van der Waals surface area contributed by atoms with Crippen LogP contribution in [0.25, 0.3) is 0 Å². The number of carbonyl (C=O) groups is 1. The first kappa shape index (κ1) is 20.3. The predicted octanol–water partition coefficient (Wildman–Crippen LogP) is 3.89. The van der Waals surface area contributed by atoms with Crippen LogP contribution in [0.1, 0.15) is 37.3 Å². The van der Waals surface area contributed by atoms with Crippen molar-refractivity contribution in [1.82, 2.24) is 10.2 Å². The number of hydrogen-bond acceptors (Lipinski definition) is 3. The second-order valence-electron chi connectivity index (χ2n) is 7.70. The molecule has 1 aliphatic rings. The van der Waals surface area contributed by atoms with E-state index in [2.05, 4.69) is 29.4 Å². The Morgan fingerprint density at radius 3 is 2.50 bits per heavy atom. The topological polar surface area (TPSA) is 41.6 Å². The van der Waals surface area contributed by atoms with Gasteiger partial charge in [0, 0.05) is 25.0 Å². The lowest BCUT2D eigenvalue weighted by atomic mass is 9.75. The maximum Gasteiger partial charge on any atom is 0.217 e. The fourth-order valence-electron chi connectivity index (χ4n) is 4.32. The molecule has 1 amide bonds. The van der Waals surface area contributed by atoms with E-state index in [4.69, 9.17) is 4.74 Å². The highest BCUT2D eigenvalue weighted by atomic mass is 19.1. The van der Waals surface area contributed by atoms with Gasteiger partial charge in [-0.2, -0.15) is 0 Å². The largest absolute Gasteiger partial charge is 0.497 e. The molecule has 5 heteroatoms. The van der Waals surface area contributed by atoms with E-state index < -0.39 is 0 Å². The van der Waals surface area contributed by atoms with Gasteiger partial charge < -0.3 is 10.1 Å². The summed E-state index contributed by atoms with van der Waals surface area (Å²) in [6.07, 6.45) is 3.50. The number of nitrogens with zero attached hydrogens (tertiary/aromatic N) is 1. The lowest BCUT2D eigenvalue weighted by molar-refractivity contribution is -0.120. The Kier molecular flexibility index (Phi) is 6.35. The van der Waals surface area contributed by atoms with Crippen LogP contribution in [-0.4, -0.2) is 37.6 Å². The number of rotatable bonds is 6. The Bertz CT molecular complexity index is 791. The highest BCUT2D eigenvalue weighted by Crippen LogP contribution is 2.41. The molecule has 1 N–H and O–H groups in total. The number of likely N-dealkylation sites (tertiary alicyclic amines) is 1. The van der Waals surface area contributed by atoms with Crippen molar-refractivity contribution < 1.29 is 13.9 Å². The molecule has 2 aromatic carbocycles. The number of hydrogen-bond donors (Lipinski definition) is 1. The second-order valence-corrected chi connectivity index (χ2v) is 7.70. The van der Waals surface area contributed by atoms with Crippen molar-refractivity contribution in [2.75, 3.05) is 20.7 Å². The van der Waals surface area contributed by atoms with Crippen LogP contribution in [0.15, 0.2) is 48.5 Å². The molecule has 0 saturated carbocycles. The number of ether oxygens (including phenoxy) is 1. The first-order valence-corrected chi connectivity index (χ1v) is 9.80. The molecule has 3 rings (SSSR count). The van der Waals surface area contributed by atoms with Gasteiger partial charge in [-0.25, -0.2) is 4.39 Å². The van der Waals surface area contributed by atoms with Crippen LogP contribution >= 0.6 is 0 Å². The van der Waals surface area contributed by atoms with Crippen molar-refractivity contribution in [1.29, 1.82) is 0 Å². The number of piperidine rings is 1. The zero-order valence-corrected chi connectivity index (χ0v) is 16.9. The smallest absolute Gasteiger partial charge is 0.217 e. The van der Waals surface area contributed by atoms with Gasteiger partial charge in [-0.05, 0) is 68.1 Å². The summed E-state index contributed by atoms with van der Waals surface area (Å²) in [5.74, 6) is 0.625. The van der Waals surface area contributed by atoms with Crippen molar-refractivity contribution in [2.45, 2.75) is 44.2 Å². The minimum absolute atomic E-state index is 0.0109. The van der Waals surface area contributed by atoms with Crippen LogP contribution in [0.5, 0.6) is 5.75 Å². The average Bonchev–Trinajstić information content (AvgIpc) is 2.69. The molecule has 1 aliphatic heterocycles. The van der Waals surface area contributed by atoms with Gasteiger partial charge in [-0.15, -0.1) is 0 Å². The van der Waals surface area contributed by atoms with Crippen LogP contribution in [0.3, 0.4) is 0 Å². The van der Waals surface area contributed by atoms with E-state index in [1.54, 1.807) is 14.0 Å². The summed E-state index contributed by atoms with van der Waals surface area (Å²) >= 11 is 0. The summed E-state index contributed by atoms with van der Waals surface area (Å²) in [4.78, 5) is 14.1. The van der Waals surface area contributed by atoms with Crippen molar-refractivity contribution in [3.8, 4) is 5.75 Å². The Morgan fingerprint density at radius 1 is 1.21 bits per heavy atom. The van der Waals surface area contributed by atoms with Gasteiger partial charge >= 0.3 is 0 Å². The number of carbonyl (C=O) groups excluding carboxylic acids is 1. The van der Waals surface area contributed by atoms with Gasteiger partial charge in [-0.3, -0.25) is 9.69 Å². The van der Waals surface area contributed by atoms with Crippen LogP contribution in [-0.2, 0) is 16.8 Å². The number of methoxy groups -OCH3 is 1. The lowest BCUT2D eigenvalue weighted by Crippen LogP contribution is -2.55. The molecule has 4 nitrogen and oxygen atoms in total. The molecule has 0 radical (unpaired) electrons. The van der Waals surface area contributed by atoms with Crippen molar-refractivity contribution in [2.24, 2.45) is 0 Å². The first-order valence-electron chi connectivity index (χ1n) is 9.80. The van der Waals surface area contributed by atoms with E-state index in [1.165, 1.54) is 17.7 Å².